The average molecular weight is 395 g/mol. The first-order valence-electron chi connectivity index (χ1n) is 6.49. The van der Waals surface area contributed by atoms with E-state index in [1.165, 1.54) is 0 Å². The summed E-state index contributed by atoms with van der Waals surface area (Å²) in [5, 5.41) is 0. The lowest BCUT2D eigenvalue weighted by Crippen LogP contribution is -2.03. The summed E-state index contributed by atoms with van der Waals surface area (Å²) in [7, 11) is -7.81. The molecule has 0 spiro atoms. The van der Waals surface area contributed by atoms with Crippen LogP contribution in [0.5, 0.6) is 11.5 Å². The minimum atomic E-state index is -3.90. The Morgan fingerprint density at radius 3 is 1.35 bits per heavy atom. The molecule has 2 unspecified atom stereocenters. The molecule has 0 aliphatic heterocycles. The van der Waals surface area contributed by atoms with Gasteiger partial charge in [0.15, 0.2) is 0 Å². The lowest BCUT2D eigenvalue weighted by molar-refractivity contribution is 0.347. The van der Waals surface area contributed by atoms with Gasteiger partial charge in [0.25, 0.3) is 0 Å². The smallest absolute Gasteiger partial charge is 0.401 e. The van der Waals surface area contributed by atoms with E-state index in [1.807, 2.05) is 0 Å². The molecule has 0 aliphatic rings. The third-order valence-corrected chi connectivity index (χ3v) is 7.83. The molecule has 2 rings (SSSR count). The minimum Gasteiger partial charge on any atom is -0.423 e. The van der Waals surface area contributed by atoms with Crippen LogP contribution in [-0.2, 0) is 13.4 Å². The van der Waals surface area contributed by atoms with Crippen molar-refractivity contribution in [3.8, 4) is 11.5 Å². The van der Waals surface area contributed by atoms with Gasteiger partial charge >= 0.3 is 15.2 Å². The molecule has 2 atom stereocenters. The van der Waals surface area contributed by atoms with E-state index in [0.29, 0.717) is 0 Å². The third-order valence-electron chi connectivity index (χ3n) is 2.52. The van der Waals surface area contributed by atoms with E-state index in [4.69, 9.17) is 36.6 Å². The maximum absolute atomic E-state index is 12.6. The van der Waals surface area contributed by atoms with Crippen LogP contribution in [0.25, 0.3) is 0 Å². The van der Waals surface area contributed by atoms with E-state index >= 15 is 0 Å². The molecule has 0 saturated carbocycles. The van der Waals surface area contributed by atoms with Crippen LogP contribution in [0, 0.1) is 0 Å². The summed E-state index contributed by atoms with van der Waals surface area (Å²) in [5.41, 5.74) is -0.998. The Bertz CT molecular complexity index is 650. The summed E-state index contributed by atoms with van der Waals surface area (Å²) in [6.07, 6.45) is 0. The van der Waals surface area contributed by atoms with E-state index in [9.17, 15) is 9.13 Å². The first kappa shape index (κ1) is 18.4. The maximum atomic E-state index is 12.6. The summed E-state index contributed by atoms with van der Waals surface area (Å²) in [6, 6.07) is 16.6. The third kappa shape index (κ3) is 5.56. The molecule has 124 valence electrons. The zero-order valence-electron chi connectivity index (χ0n) is 11.9. The molecule has 0 bridgehead atoms. The molecule has 0 heterocycles. The SMILES string of the molecule is O=P(CCl)(Oc1ccccc1)OP(=O)(CCl)Oc1ccccc1. The standard InChI is InChI=1S/C14H14Cl2O5P2/c15-11-22(17,19-13-7-3-1-4-8-13)21-23(18,12-16)20-14-9-5-2-6-10-14/h1-10H,11-12H2. The Balaban J connectivity index is 2.17. The van der Waals surface area contributed by atoms with Crippen molar-refractivity contribution in [2.75, 3.05) is 11.2 Å². The van der Waals surface area contributed by atoms with Crippen LogP contribution in [0.1, 0.15) is 0 Å². The second kappa shape index (κ2) is 8.23. The van der Waals surface area contributed by atoms with Gasteiger partial charge in [-0.3, -0.25) is 0 Å². The average Bonchev–Trinajstić information content (AvgIpc) is 2.56. The van der Waals surface area contributed by atoms with Crippen LogP contribution in [0.15, 0.2) is 60.7 Å². The monoisotopic (exact) mass is 394 g/mol. The predicted octanol–water partition coefficient (Wildman–Crippen LogP) is 5.94. The highest BCUT2D eigenvalue weighted by Crippen LogP contribution is 2.64. The first-order chi connectivity index (χ1) is 11.0. The summed E-state index contributed by atoms with van der Waals surface area (Å²) < 4.78 is 40.9. The van der Waals surface area contributed by atoms with Crippen LogP contribution in [0.2, 0.25) is 0 Å². The fourth-order valence-corrected chi connectivity index (χ4v) is 5.79. The van der Waals surface area contributed by atoms with Gasteiger partial charge in [-0.05, 0) is 24.3 Å². The molecule has 0 saturated heterocycles. The molecule has 0 aliphatic carbocycles. The number of hydrogen-bond donors (Lipinski definition) is 0. The van der Waals surface area contributed by atoms with Gasteiger partial charge < -0.3 is 9.05 Å². The van der Waals surface area contributed by atoms with Gasteiger partial charge in [0.1, 0.15) is 22.7 Å². The number of alkyl halides is 2. The quantitative estimate of drug-likeness (QED) is 0.409. The molecule has 0 N–H and O–H groups in total. The Kier molecular flexibility index (Phi) is 6.58. The van der Waals surface area contributed by atoms with E-state index in [2.05, 4.69) is 0 Å². The van der Waals surface area contributed by atoms with Gasteiger partial charge in [0.2, 0.25) is 0 Å². The zero-order chi connectivity index (χ0) is 16.8. The van der Waals surface area contributed by atoms with Crippen molar-refractivity contribution < 1.29 is 22.5 Å². The summed E-state index contributed by atoms with van der Waals surface area (Å²) >= 11 is 11.4. The molecule has 2 aromatic carbocycles. The van der Waals surface area contributed by atoms with Crippen molar-refractivity contribution in [3.05, 3.63) is 60.7 Å². The van der Waals surface area contributed by atoms with Crippen LogP contribution in [0.4, 0.5) is 0 Å². The normalized spacial score (nSPS) is 16.1. The lowest BCUT2D eigenvalue weighted by atomic mass is 10.3. The Hall–Kier alpha value is -0.960. The van der Waals surface area contributed by atoms with Gasteiger partial charge in [-0.25, -0.2) is 13.4 Å². The van der Waals surface area contributed by atoms with Crippen LogP contribution < -0.4 is 9.05 Å². The van der Waals surface area contributed by atoms with Gasteiger partial charge in [0, 0.05) is 0 Å². The highest BCUT2D eigenvalue weighted by atomic mass is 35.5. The molecular formula is C14H14Cl2O5P2. The largest absolute Gasteiger partial charge is 0.423 e. The van der Waals surface area contributed by atoms with Crippen molar-refractivity contribution in [2.24, 2.45) is 0 Å². The van der Waals surface area contributed by atoms with Gasteiger partial charge in [0.05, 0.1) is 0 Å². The van der Waals surface area contributed by atoms with Crippen molar-refractivity contribution in [2.45, 2.75) is 0 Å². The van der Waals surface area contributed by atoms with E-state index in [1.54, 1.807) is 60.7 Å². The van der Waals surface area contributed by atoms with E-state index in [-0.39, 0.29) is 11.5 Å². The predicted molar refractivity (Wildman–Crippen MR) is 91.9 cm³/mol. The summed E-state index contributed by atoms with van der Waals surface area (Å²) in [6.45, 7) is 0. The molecular weight excluding hydrogens is 381 g/mol. The van der Waals surface area contributed by atoms with Crippen molar-refractivity contribution >= 4 is 38.4 Å². The van der Waals surface area contributed by atoms with E-state index < -0.39 is 26.4 Å². The fraction of sp³-hybridized carbons (Fsp3) is 0.143. The second-order valence-electron chi connectivity index (χ2n) is 4.35. The lowest BCUT2D eigenvalue weighted by Gasteiger charge is -2.22. The highest BCUT2D eigenvalue weighted by molar-refractivity contribution is 7.69. The van der Waals surface area contributed by atoms with Gasteiger partial charge in [-0.1, -0.05) is 36.4 Å². The Morgan fingerprint density at radius 1 is 0.696 bits per heavy atom. The summed E-state index contributed by atoms with van der Waals surface area (Å²) in [5.74, 6) is 0.551. The molecule has 2 aromatic rings. The molecule has 9 heteroatoms. The second-order valence-corrected chi connectivity index (χ2v) is 9.73. The van der Waals surface area contributed by atoms with Crippen LogP contribution in [-0.4, -0.2) is 11.2 Å². The van der Waals surface area contributed by atoms with Crippen LogP contribution >= 0.6 is 38.4 Å². The molecule has 0 radical (unpaired) electrons. The Labute approximate surface area is 144 Å². The molecule has 0 aromatic heterocycles. The number of hydrogen-bond acceptors (Lipinski definition) is 5. The fourth-order valence-electron chi connectivity index (χ4n) is 1.60. The minimum absolute atomic E-state index is 0.275. The van der Waals surface area contributed by atoms with Crippen molar-refractivity contribution in [1.29, 1.82) is 0 Å². The molecule has 0 fully saturated rings. The van der Waals surface area contributed by atoms with Gasteiger partial charge in [-0.15, -0.1) is 23.2 Å². The highest BCUT2D eigenvalue weighted by Gasteiger charge is 2.38. The van der Waals surface area contributed by atoms with Gasteiger partial charge in [-0.2, -0.15) is 0 Å². The first-order valence-corrected chi connectivity index (χ1v) is 11.0. The maximum Gasteiger partial charge on any atom is 0.401 e. The zero-order valence-corrected chi connectivity index (χ0v) is 15.2. The van der Waals surface area contributed by atoms with Crippen molar-refractivity contribution in [3.63, 3.8) is 0 Å². The van der Waals surface area contributed by atoms with Crippen molar-refractivity contribution in [1.82, 2.24) is 0 Å². The topological polar surface area (TPSA) is 61.8 Å². The Morgan fingerprint density at radius 2 is 1.04 bits per heavy atom. The summed E-state index contributed by atoms with van der Waals surface area (Å²) in [4.78, 5) is 0. The molecule has 0 amide bonds. The molecule has 23 heavy (non-hydrogen) atoms. The van der Waals surface area contributed by atoms with E-state index in [0.717, 1.165) is 0 Å². The number of rotatable bonds is 8. The van der Waals surface area contributed by atoms with Crippen LogP contribution in [0.3, 0.4) is 0 Å². The number of halogens is 2. The number of para-hydroxylation sites is 2. The molecule has 5 nitrogen and oxygen atoms in total. The number of benzene rings is 2.